The summed E-state index contributed by atoms with van der Waals surface area (Å²) >= 11 is 5.33. The number of hydrogen-bond donors (Lipinski definition) is 3. The number of benzene rings is 1. The Hall–Kier alpha value is -1.57. The zero-order valence-corrected chi connectivity index (χ0v) is 16.0. The molecular formula is C18H30N3O3S+. The van der Waals surface area contributed by atoms with Crippen molar-refractivity contribution < 1.29 is 19.1 Å². The van der Waals surface area contributed by atoms with Gasteiger partial charge in [-0.2, -0.15) is 0 Å². The molecule has 0 amide bonds. The number of methoxy groups -OCH3 is 2. The van der Waals surface area contributed by atoms with Gasteiger partial charge in [-0.15, -0.1) is 0 Å². The number of rotatable bonds is 9. The van der Waals surface area contributed by atoms with Gasteiger partial charge in [0, 0.05) is 19.5 Å². The Bertz CT molecular complexity index is 536. The summed E-state index contributed by atoms with van der Waals surface area (Å²) < 4.78 is 15.9. The van der Waals surface area contributed by atoms with Gasteiger partial charge < -0.3 is 29.7 Å². The van der Waals surface area contributed by atoms with Crippen LogP contribution in [0.2, 0.25) is 0 Å². The molecule has 0 bridgehead atoms. The van der Waals surface area contributed by atoms with Gasteiger partial charge >= 0.3 is 0 Å². The summed E-state index contributed by atoms with van der Waals surface area (Å²) in [6.07, 6.45) is 1.99. The highest BCUT2D eigenvalue weighted by Crippen LogP contribution is 2.27. The van der Waals surface area contributed by atoms with Gasteiger partial charge in [0.15, 0.2) is 16.6 Å². The molecule has 2 rings (SSSR count). The molecule has 0 aromatic heterocycles. The van der Waals surface area contributed by atoms with Gasteiger partial charge in [0.1, 0.15) is 13.1 Å². The van der Waals surface area contributed by atoms with Crippen LogP contribution in [0.15, 0.2) is 18.2 Å². The third-order valence-electron chi connectivity index (χ3n) is 4.34. The molecule has 6 nitrogen and oxygen atoms in total. The standard InChI is InChI=1S/C18H29N3O3S/c1-22-16-5-4-15(14-17(16)23-2)6-8-20-18(25)19-7-3-9-21-10-12-24-13-11-21/h4-5,14H,3,6-13H2,1-2H3,(H2,19,20,25)/p+1. The first-order chi connectivity index (χ1) is 12.2. The molecule has 1 aromatic carbocycles. The van der Waals surface area contributed by atoms with Crippen molar-refractivity contribution in [3.05, 3.63) is 23.8 Å². The van der Waals surface area contributed by atoms with E-state index >= 15 is 0 Å². The molecule has 0 spiro atoms. The molecule has 0 aliphatic carbocycles. The average Bonchev–Trinajstić information content (AvgIpc) is 2.66. The first kappa shape index (κ1) is 19.8. The van der Waals surface area contributed by atoms with Crippen molar-refractivity contribution in [2.24, 2.45) is 0 Å². The lowest BCUT2D eigenvalue weighted by molar-refractivity contribution is -0.908. The number of quaternary nitrogens is 1. The molecule has 0 atom stereocenters. The third-order valence-corrected chi connectivity index (χ3v) is 4.63. The summed E-state index contributed by atoms with van der Waals surface area (Å²) in [7, 11) is 3.29. The minimum absolute atomic E-state index is 0.720. The van der Waals surface area contributed by atoms with E-state index < -0.39 is 0 Å². The Morgan fingerprint density at radius 3 is 2.56 bits per heavy atom. The molecule has 1 fully saturated rings. The highest BCUT2D eigenvalue weighted by atomic mass is 32.1. The van der Waals surface area contributed by atoms with Crippen LogP contribution in [-0.4, -0.2) is 65.3 Å². The highest BCUT2D eigenvalue weighted by Gasteiger charge is 2.12. The minimum atomic E-state index is 0.720. The number of thiocarbonyl (C=S) groups is 1. The second-order valence-electron chi connectivity index (χ2n) is 6.09. The molecule has 0 radical (unpaired) electrons. The lowest BCUT2D eigenvalue weighted by Gasteiger charge is -2.23. The van der Waals surface area contributed by atoms with Gasteiger partial charge in [-0.05, 0) is 36.3 Å². The maximum Gasteiger partial charge on any atom is 0.166 e. The number of nitrogens with one attached hydrogen (secondary N) is 3. The van der Waals surface area contributed by atoms with Crippen LogP contribution in [0.1, 0.15) is 12.0 Å². The van der Waals surface area contributed by atoms with Gasteiger partial charge in [0.25, 0.3) is 0 Å². The molecule has 1 heterocycles. The van der Waals surface area contributed by atoms with Gasteiger partial charge in [0.2, 0.25) is 0 Å². The quantitative estimate of drug-likeness (QED) is 0.422. The molecule has 0 saturated carbocycles. The van der Waals surface area contributed by atoms with Gasteiger partial charge in [0.05, 0.1) is 34.0 Å². The van der Waals surface area contributed by atoms with E-state index in [-0.39, 0.29) is 0 Å². The van der Waals surface area contributed by atoms with Gasteiger partial charge in [-0.3, -0.25) is 0 Å². The zero-order chi connectivity index (χ0) is 17.9. The van der Waals surface area contributed by atoms with E-state index in [0.29, 0.717) is 0 Å². The van der Waals surface area contributed by atoms with Gasteiger partial charge in [-0.1, -0.05) is 6.07 Å². The third kappa shape index (κ3) is 7.05. The van der Waals surface area contributed by atoms with E-state index in [4.69, 9.17) is 26.4 Å². The second kappa shape index (κ2) is 11.1. The highest BCUT2D eigenvalue weighted by molar-refractivity contribution is 7.80. The van der Waals surface area contributed by atoms with E-state index in [2.05, 4.69) is 10.6 Å². The molecule has 1 aliphatic rings. The second-order valence-corrected chi connectivity index (χ2v) is 6.50. The summed E-state index contributed by atoms with van der Waals surface area (Å²) in [5.41, 5.74) is 1.18. The van der Waals surface area contributed by atoms with Crippen LogP contribution >= 0.6 is 12.2 Å². The SMILES string of the molecule is COc1ccc(CCNC(=S)NCCC[NH+]2CCOCC2)cc1OC. The fourth-order valence-electron chi connectivity index (χ4n) is 2.87. The molecule has 140 valence electrons. The summed E-state index contributed by atoms with van der Waals surface area (Å²) in [5, 5.41) is 7.26. The van der Waals surface area contributed by atoms with Crippen LogP contribution in [-0.2, 0) is 11.2 Å². The van der Waals surface area contributed by atoms with E-state index in [1.54, 1.807) is 19.1 Å². The summed E-state index contributed by atoms with van der Waals surface area (Å²) in [6, 6.07) is 5.98. The largest absolute Gasteiger partial charge is 0.493 e. The van der Waals surface area contributed by atoms with Crippen molar-refractivity contribution in [1.82, 2.24) is 10.6 Å². The first-order valence-corrected chi connectivity index (χ1v) is 9.27. The normalized spacial score (nSPS) is 14.8. The van der Waals surface area contributed by atoms with Crippen LogP contribution in [0.25, 0.3) is 0 Å². The van der Waals surface area contributed by atoms with Crippen molar-refractivity contribution in [3.63, 3.8) is 0 Å². The lowest BCUT2D eigenvalue weighted by atomic mass is 10.1. The van der Waals surface area contributed by atoms with Crippen molar-refractivity contribution in [2.75, 3.05) is 60.2 Å². The summed E-state index contributed by atoms with van der Waals surface area (Å²) in [5.74, 6) is 1.50. The Morgan fingerprint density at radius 2 is 1.84 bits per heavy atom. The summed E-state index contributed by atoms with van der Waals surface area (Å²) in [6.45, 7) is 6.88. The molecule has 25 heavy (non-hydrogen) atoms. The molecule has 1 aromatic rings. The number of ether oxygens (including phenoxy) is 3. The van der Waals surface area contributed by atoms with E-state index in [9.17, 15) is 0 Å². The number of morpholine rings is 1. The summed E-state index contributed by atoms with van der Waals surface area (Å²) in [4.78, 5) is 1.63. The first-order valence-electron chi connectivity index (χ1n) is 8.87. The van der Waals surface area contributed by atoms with Crippen molar-refractivity contribution in [1.29, 1.82) is 0 Å². The van der Waals surface area contributed by atoms with Crippen LogP contribution in [0, 0.1) is 0 Å². The predicted octanol–water partition coefficient (Wildman–Crippen LogP) is 0.0156. The van der Waals surface area contributed by atoms with Crippen molar-refractivity contribution in [3.8, 4) is 11.5 Å². The number of hydrogen-bond acceptors (Lipinski definition) is 4. The Kier molecular flexibility index (Phi) is 8.79. The maximum atomic E-state index is 5.37. The monoisotopic (exact) mass is 368 g/mol. The topological polar surface area (TPSA) is 56.2 Å². The minimum Gasteiger partial charge on any atom is -0.493 e. The van der Waals surface area contributed by atoms with Gasteiger partial charge in [-0.25, -0.2) is 0 Å². The molecule has 1 saturated heterocycles. The van der Waals surface area contributed by atoms with Crippen LogP contribution in [0.3, 0.4) is 0 Å². The van der Waals surface area contributed by atoms with Crippen molar-refractivity contribution in [2.45, 2.75) is 12.8 Å². The zero-order valence-electron chi connectivity index (χ0n) is 15.2. The maximum absolute atomic E-state index is 5.37. The Morgan fingerprint density at radius 1 is 1.12 bits per heavy atom. The van der Waals surface area contributed by atoms with E-state index in [1.165, 1.54) is 12.1 Å². The fraction of sp³-hybridized carbons (Fsp3) is 0.611. The Labute approximate surface area is 155 Å². The molecule has 3 N–H and O–H groups in total. The van der Waals surface area contributed by atoms with E-state index in [1.807, 2.05) is 18.2 Å². The molecule has 7 heteroatoms. The van der Waals surface area contributed by atoms with Crippen LogP contribution in [0.5, 0.6) is 11.5 Å². The predicted molar refractivity (Wildman–Crippen MR) is 103 cm³/mol. The molecular weight excluding hydrogens is 338 g/mol. The Balaban J connectivity index is 1.58. The smallest absolute Gasteiger partial charge is 0.166 e. The lowest BCUT2D eigenvalue weighted by Crippen LogP contribution is -3.14. The molecule has 0 unspecified atom stereocenters. The average molecular weight is 369 g/mol. The molecule has 1 aliphatic heterocycles. The fourth-order valence-corrected chi connectivity index (χ4v) is 3.07. The van der Waals surface area contributed by atoms with E-state index in [0.717, 1.165) is 68.8 Å². The van der Waals surface area contributed by atoms with Crippen LogP contribution < -0.4 is 25.0 Å². The van der Waals surface area contributed by atoms with Crippen LogP contribution in [0.4, 0.5) is 0 Å². The van der Waals surface area contributed by atoms with Crippen molar-refractivity contribution >= 4 is 17.3 Å².